The van der Waals surface area contributed by atoms with Crippen LogP contribution in [0.15, 0.2) is 0 Å². The highest BCUT2D eigenvalue weighted by Crippen LogP contribution is 2.09. The van der Waals surface area contributed by atoms with Gasteiger partial charge in [0.05, 0.1) is 0 Å². The number of carbonyl (C=O) groups is 2. The van der Waals surface area contributed by atoms with Crippen molar-refractivity contribution in [1.82, 2.24) is 5.32 Å². The second kappa shape index (κ2) is 6.83. The maximum absolute atomic E-state index is 10.3. The second-order valence-electron chi connectivity index (χ2n) is 3.32. The molecule has 0 rings (SSSR count). The minimum atomic E-state index is 0.142. The van der Waals surface area contributed by atoms with Gasteiger partial charge in [-0.05, 0) is 18.8 Å². The molecule has 0 bridgehead atoms. The van der Waals surface area contributed by atoms with E-state index >= 15 is 0 Å². The number of hydrogen-bond acceptors (Lipinski definition) is 2. The topological polar surface area (TPSA) is 46.2 Å². The van der Waals surface area contributed by atoms with Gasteiger partial charge in [0.15, 0.2) is 0 Å². The molecule has 3 nitrogen and oxygen atoms in total. The quantitative estimate of drug-likeness (QED) is 0.580. The summed E-state index contributed by atoms with van der Waals surface area (Å²) >= 11 is 0. The van der Waals surface area contributed by atoms with Gasteiger partial charge in [-0.25, -0.2) is 0 Å². The fourth-order valence-electron chi connectivity index (χ4n) is 0.967. The summed E-state index contributed by atoms with van der Waals surface area (Å²) in [6.07, 6.45) is 3.57. The summed E-state index contributed by atoms with van der Waals surface area (Å²) in [5.74, 6) is 0.598. The predicted octanol–water partition coefficient (Wildman–Crippen LogP) is 0.984. The van der Waals surface area contributed by atoms with Gasteiger partial charge in [0.1, 0.15) is 6.29 Å². The Balaban J connectivity index is 3.35. The van der Waals surface area contributed by atoms with Crippen LogP contribution in [0.5, 0.6) is 0 Å². The zero-order valence-electron chi connectivity index (χ0n) is 7.75. The first-order valence-corrected chi connectivity index (χ1v) is 4.33. The molecule has 3 heteroatoms. The van der Waals surface area contributed by atoms with Crippen LogP contribution in [0, 0.1) is 11.8 Å². The lowest BCUT2D eigenvalue weighted by molar-refractivity contribution is -0.111. The number of rotatable bonds is 7. The molecule has 0 aromatic carbocycles. The van der Waals surface area contributed by atoms with Gasteiger partial charge >= 0.3 is 0 Å². The average Bonchev–Trinajstić information content (AvgIpc) is 2.10. The molecule has 70 valence electrons. The molecule has 0 saturated heterocycles. The number of nitrogens with one attached hydrogen (secondary N) is 1. The van der Waals surface area contributed by atoms with Gasteiger partial charge in [-0.2, -0.15) is 0 Å². The fourth-order valence-corrected chi connectivity index (χ4v) is 0.967. The van der Waals surface area contributed by atoms with Crippen LogP contribution < -0.4 is 5.32 Å². The molecule has 0 aliphatic heterocycles. The zero-order chi connectivity index (χ0) is 9.40. The maximum Gasteiger partial charge on any atom is 0.207 e. The van der Waals surface area contributed by atoms with Gasteiger partial charge in [-0.15, -0.1) is 0 Å². The Hall–Kier alpha value is -0.860. The van der Waals surface area contributed by atoms with E-state index < -0.39 is 0 Å². The van der Waals surface area contributed by atoms with Crippen LogP contribution in [0.25, 0.3) is 0 Å². The average molecular weight is 171 g/mol. The van der Waals surface area contributed by atoms with E-state index in [1.54, 1.807) is 0 Å². The Labute approximate surface area is 73.5 Å². The first-order chi connectivity index (χ1) is 5.70. The zero-order valence-corrected chi connectivity index (χ0v) is 7.75. The lowest BCUT2D eigenvalue weighted by Gasteiger charge is -2.10. The van der Waals surface area contributed by atoms with Crippen LogP contribution in [0.3, 0.4) is 0 Å². The highest BCUT2D eigenvalue weighted by atomic mass is 16.1. The Morgan fingerprint density at radius 1 is 1.25 bits per heavy atom. The van der Waals surface area contributed by atoms with Crippen LogP contribution in [0.4, 0.5) is 0 Å². The minimum Gasteiger partial charge on any atom is -0.358 e. The van der Waals surface area contributed by atoms with Gasteiger partial charge in [0, 0.05) is 12.5 Å². The predicted molar refractivity (Wildman–Crippen MR) is 47.7 cm³/mol. The number of hydrogen-bond donors (Lipinski definition) is 1. The Morgan fingerprint density at radius 2 is 1.92 bits per heavy atom. The van der Waals surface area contributed by atoms with Crippen molar-refractivity contribution < 1.29 is 9.59 Å². The summed E-state index contributed by atoms with van der Waals surface area (Å²) in [6, 6.07) is 0. The van der Waals surface area contributed by atoms with E-state index in [-0.39, 0.29) is 5.92 Å². The first-order valence-electron chi connectivity index (χ1n) is 4.33. The number of carbonyl (C=O) groups excluding carboxylic acids is 2. The Kier molecular flexibility index (Phi) is 6.34. The lowest BCUT2D eigenvalue weighted by atomic mass is 9.99. The van der Waals surface area contributed by atoms with Crippen molar-refractivity contribution in [3.8, 4) is 0 Å². The lowest BCUT2D eigenvalue weighted by Crippen LogP contribution is -2.19. The molecule has 1 N–H and O–H groups in total. The highest BCUT2D eigenvalue weighted by Gasteiger charge is 2.04. The van der Waals surface area contributed by atoms with E-state index in [0.29, 0.717) is 18.9 Å². The van der Waals surface area contributed by atoms with Crippen LogP contribution in [0.1, 0.15) is 26.7 Å². The maximum atomic E-state index is 10.3. The molecule has 0 saturated carbocycles. The summed E-state index contributed by atoms with van der Waals surface area (Å²) < 4.78 is 0. The molecule has 0 spiro atoms. The molecule has 1 amide bonds. The second-order valence-corrected chi connectivity index (χ2v) is 3.32. The molecule has 0 aromatic rings. The van der Waals surface area contributed by atoms with Gasteiger partial charge in [0.2, 0.25) is 6.41 Å². The largest absolute Gasteiger partial charge is 0.358 e. The molecule has 0 radical (unpaired) electrons. The monoisotopic (exact) mass is 171 g/mol. The van der Waals surface area contributed by atoms with Gasteiger partial charge in [0.25, 0.3) is 0 Å². The molecule has 0 aliphatic rings. The van der Waals surface area contributed by atoms with Crippen LogP contribution in [0.2, 0.25) is 0 Å². The fraction of sp³-hybridized carbons (Fsp3) is 0.778. The summed E-state index contributed by atoms with van der Waals surface area (Å²) in [5.41, 5.74) is 0. The molecule has 0 aliphatic carbocycles. The molecular formula is C9H17NO2. The summed E-state index contributed by atoms with van der Waals surface area (Å²) in [4.78, 5) is 20.2. The van der Waals surface area contributed by atoms with Gasteiger partial charge < -0.3 is 10.1 Å². The summed E-state index contributed by atoms with van der Waals surface area (Å²) in [7, 11) is 0. The van der Waals surface area contributed by atoms with Crippen molar-refractivity contribution >= 4 is 12.7 Å². The molecule has 0 aromatic heterocycles. The van der Waals surface area contributed by atoms with Crippen molar-refractivity contribution in [3.63, 3.8) is 0 Å². The highest BCUT2D eigenvalue weighted by molar-refractivity contribution is 5.52. The van der Waals surface area contributed by atoms with E-state index in [0.717, 1.165) is 19.1 Å². The molecule has 0 heterocycles. The smallest absolute Gasteiger partial charge is 0.207 e. The molecule has 0 fully saturated rings. The van der Waals surface area contributed by atoms with E-state index in [1.165, 1.54) is 0 Å². The van der Waals surface area contributed by atoms with E-state index in [4.69, 9.17) is 0 Å². The van der Waals surface area contributed by atoms with Crippen molar-refractivity contribution in [2.24, 2.45) is 11.8 Å². The normalized spacial score (nSPS) is 14.8. The number of amides is 1. The van der Waals surface area contributed by atoms with Crippen molar-refractivity contribution in [2.75, 3.05) is 6.54 Å². The first kappa shape index (κ1) is 11.1. The van der Waals surface area contributed by atoms with Gasteiger partial charge in [-0.3, -0.25) is 4.79 Å². The third-order valence-electron chi connectivity index (χ3n) is 1.90. The number of aldehydes is 1. The minimum absolute atomic E-state index is 0.142. The van der Waals surface area contributed by atoms with E-state index in [2.05, 4.69) is 12.2 Å². The molecular weight excluding hydrogens is 154 g/mol. The molecule has 2 atom stereocenters. The summed E-state index contributed by atoms with van der Waals surface area (Å²) in [6.45, 7) is 4.68. The van der Waals surface area contributed by atoms with Crippen LogP contribution in [-0.4, -0.2) is 19.2 Å². The molecule has 1 unspecified atom stereocenters. The standard InChI is InChI=1S/C9H17NO2/c1-8(5-10-7-12)3-4-9(2)6-11/h6-9H,3-5H2,1-2H3,(H,10,12)/t8?,9-/m0/s1. The summed E-state index contributed by atoms with van der Waals surface area (Å²) in [5, 5.41) is 2.62. The third-order valence-corrected chi connectivity index (χ3v) is 1.90. The van der Waals surface area contributed by atoms with Crippen molar-refractivity contribution in [1.29, 1.82) is 0 Å². The van der Waals surface area contributed by atoms with Gasteiger partial charge in [-0.1, -0.05) is 13.8 Å². The Morgan fingerprint density at radius 3 is 2.42 bits per heavy atom. The Bertz CT molecular complexity index is 136. The van der Waals surface area contributed by atoms with Crippen molar-refractivity contribution in [3.05, 3.63) is 0 Å². The van der Waals surface area contributed by atoms with Crippen molar-refractivity contribution in [2.45, 2.75) is 26.7 Å². The SMILES string of the molecule is CC(CC[C@H](C)C=O)CNC=O. The molecule has 12 heavy (non-hydrogen) atoms. The van der Waals surface area contributed by atoms with E-state index in [9.17, 15) is 9.59 Å². The van der Waals surface area contributed by atoms with Crippen LogP contribution >= 0.6 is 0 Å². The van der Waals surface area contributed by atoms with E-state index in [1.807, 2.05) is 6.92 Å². The third kappa shape index (κ3) is 5.89. The van der Waals surface area contributed by atoms with Crippen LogP contribution in [-0.2, 0) is 9.59 Å².